The van der Waals surface area contributed by atoms with Crippen LogP contribution in [0.2, 0.25) is 0 Å². The summed E-state index contributed by atoms with van der Waals surface area (Å²) in [7, 11) is 0. The molecular formula is C28H32O7. The van der Waals surface area contributed by atoms with Crippen LogP contribution in [0, 0.1) is 0 Å². The van der Waals surface area contributed by atoms with Crippen molar-refractivity contribution in [3.63, 3.8) is 0 Å². The maximum absolute atomic E-state index is 13.1. The molecule has 1 atom stereocenters. The number of Topliss-reactive ketones (excluding diaryl/α,β-unsaturated/α-hetero) is 1. The highest BCUT2D eigenvalue weighted by atomic mass is 16.5. The van der Waals surface area contributed by atoms with E-state index in [2.05, 4.69) is 13.8 Å². The Morgan fingerprint density at radius 2 is 1.69 bits per heavy atom. The van der Waals surface area contributed by atoms with E-state index in [1.165, 1.54) is 25.5 Å². The highest BCUT2D eigenvalue weighted by molar-refractivity contribution is 6.03. The first-order valence-electron chi connectivity index (χ1n) is 12.0. The number of ether oxygens (including phenoxy) is 3. The third-order valence-electron chi connectivity index (χ3n) is 5.75. The van der Waals surface area contributed by atoms with Gasteiger partial charge in [-0.15, -0.1) is 0 Å². The molecule has 7 heteroatoms. The van der Waals surface area contributed by atoms with Gasteiger partial charge in [-0.3, -0.25) is 14.4 Å². The summed E-state index contributed by atoms with van der Waals surface area (Å²) in [4.78, 5) is 36.0. The zero-order valence-electron chi connectivity index (χ0n) is 20.7. The summed E-state index contributed by atoms with van der Waals surface area (Å²) in [5.74, 6) is -0.698. The van der Waals surface area contributed by atoms with Gasteiger partial charge >= 0.3 is 11.9 Å². The molecule has 0 saturated heterocycles. The zero-order chi connectivity index (χ0) is 25.5. The van der Waals surface area contributed by atoms with Gasteiger partial charge in [-0.2, -0.15) is 0 Å². The minimum absolute atomic E-state index is 0.0343. The van der Waals surface area contributed by atoms with E-state index in [1.807, 2.05) is 6.08 Å². The highest BCUT2D eigenvalue weighted by Gasteiger charge is 2.33. The number of hydrogen-bond acceptors (Lipinski definition) is 7. The van der Waals surface area contributed by atoms with Crippen LogP contribution in [-0.2, 0) is 16.0 Å². The van der Waals surface area contributed by atoms with Gasteiger partial charge in [0.15, 0.2) is 5.78 Å². The summed E-state index contributed by atoms with van der Waals surface area (Å²) in [6.07, 6.45) is 5.73. The standard InChI is InChI=1S/C28H32O7/c1-5-7-19(8-6-2)9-14-22-25(34-18(4)30)16-26-27(28(22)32)23(31)15-24(35-26)20-10-12-21(13-11-20)33-17(3)29/h9-13,16,24,32H,5-8,14-15H2,1-4H3. The summed E-state index contributed by atoms with van der Waals surface area (Å²) in [5, 5.41) is 11.1. The number of carbonyl (C=O) groups excluding carboxylic acids is 3. The molecule has 1 aliphatic rings. The summed E-state index contributed by atoms with van der Waals surface area (Å²) in [6.45, 7) is 6.83. The molecule has 0 bridgehead atoms. The van der Waals surface area contributed by atoms with E-state index < -0.39 is 18.0 Å². The Bertz CT molecular complexity index is 1120. The van der Waals surface area contributed by atoms with Gasteiger partial charge in [0.05, 0.1) is 6.42 Å². The van der Waals surface area contributed by atoms with E-state index >= 15 is 0 Å². The number of allylic oxidation sites excluding steroid dienone is 2. The number of hydrogen-bond donors (Lipinski definition) is 1. The fourth-order valence-electron chi connectivity index (χ4n) is 4.25. The fourth-order valence-corrected chi connectivity index (χ4v) is 4.25. The second-order valence-corrected chi connectivity index (χ2v) is 8.63. The van der Waals surface area contributed by atoms with Crippen molar-refractivity contribution >= 4 is 17.7 Å². The number of phenolic OH excluding ortho intramolecular Hbond substituents is 1. The molecule has 1 N–H and O–H groups in total. The molecule has 0 radical (unpaired) electrons. The highest BCUT2D eigenvalue weighted by Crippen LogP contribution is 2.45. The molecule has 1 aliphatic heterocycles. The first kappa shape index (κ1) is 26.0. The Kier molecular flexibility index (Phi) is 8.68. The number of benzene rings is 2. The first-order chi connectivity index (χ1) is 16.7. The number of rotatable bonds is 9. The first-order valence-corrected chi connectivity index (χ1v) is 12.0. The molecule has 2 aromatic rings. The van der Waals surface area contributed by atoms with Gasteiger partial charge in [0, 0.05) is 25.5 Å². The largest absolute Gasteiger partial charge is 0.507 e. The number of carbonyl (C=O) groups is 3. The quantitative estimate of drug-likeness (QED) is 0.266. The predicted octanol–water partition coefficient (Wildman–Crippen LogP) is 6.02. The number of aromatic hydroxyl groups is 1. The number of esters is 2. The van der Waals surface area contributed by atoms with Crippen molar-refractivity contribution in [3.8, 4) is 23.0 Å². The van der Waals surface area contributed by atoms with Crippen molar-refractivity contribution in [2.45, 2.75) is 72.3 Å². The number of phenols is 1. The van der Waals surface area contributed by atoms with Gasteiger partial charge in [-0.05, 0) is 37.0 Å². The maximum atomic E-state index is 13.1. The lowest BCUT2D eigenvalue weighted by molar-refractivity contribution is -0.132. The third-order valence-corrected chi connectivity index (χ3v) is 5.75. The van der Waals surface area contributed by atoms with Crippen molar-refractivity contribution in [1.82, 2.24) is 0 Å². The van der Waals surface area contributed by atoms with Gasteiger partial charge in [0.25, 0.3) is 0 Å². The molecule has 0 saturated carbocycles. The van der Waals surface area contributed by atoms with E-state index in [4.69, 9.17) is 14.2 Å². The van der Waals surface area contributed by atoms with E-state index in [1.54, 1.807) is 24.3 Å². The van der Waals surface area contributed by atoms with Crippen molar-refractivity contribution in [1.29, 1.82) is 0 Å². The molecule has 186 valence electrons. The summed E-state index contributed by atoms with van der Waals surface area (Å²) < 4.78 is 16.5. The van der Waals surface area contributed by atoms with Crippen molar-refractivity contribution in [2.24, 2.45) is 0 Å². The van der Waals surface area contributed by atoms with Gasteiger partial charge in [0.2, 0.25) is 0 Å². The molecule has 0 aliphatic carbocycles. The fraction of sp³-hybridized carbons (Fsp3) is 0.393. The number of ketones is 1. The van der Waals surface area contributed by atoms with E-state index in [-0.39, 0.29) is 35.0 Å². The molecule has 1 heterocycles. The predicted molar refractivity (Wildman–Crippen MR) is 131 cm³/mol. The summed E-state index contributed by atoms with van der Waals surface area (Å²) in [6, 6.07) is 8.20. The normalized spacial score (nSPS) is 14.5. The molecule has 1 unspecified atom stereocenters. The van der Waals surface area contributed by atoms with E-state index in [0.29, 0.717) is 23.3 Å². The number of fused-ring (bicyclic) bond motifs is 1. The average Bonchev–Trinajstić information content (AvgIpc) is 2.78. The van der Waals surface area contributed by atoms with Crippen LogP contribution in [0.1, 0.15) is 87.4 Å². The van der Waals surface area contributed by atoms with Crippen LogP contribution in [-0.4, -0.2) is 22.8 Å². The molecule has 7 nitrogen and oxygen atoms in total. The van der Waals surface area contributed by atoms with Crippen LogP contribution in [0.4, 0.5) is 0 Å². The molecular weight excluding hydrogens is 448 g/mol. The average molecular weight is 481 g/mol. The Labute approximate surface area is 205 Å². The SMILES string of the molecule is CCCC(=CCc1c(OC(C)=O)cc2c(c1O)C(=O)CC(c1ccc(OC(C)=O)cc1)O2)CCC. The van der Waals surface area contributed by atoms with Gasteiger partial charge in [-0.1, -0.05) is 50.5 Å². The van der Waals surface area contributed by atoms with Crippen LogP contribution in [0.15, 0.2) is 42.0 Å². The molecule has 0 aromatic heterocycles. The van der Waals surface area contributed by atoms with Gasteiger partial charge in [-0.25, -0.2) is 0 Å². The lowest BCUT2D eigenvalue weighted by atomic mass is 9.92. The summed E-state index contributed by atoms with van der Waals surface area (Å²) in [5.41, 5.74) is 2.47. The van der Waals surface area contributed by atoms with Crippen LogP contribution in [0.3, 0.4) is 0 Å². The molecule has 35 heavy (non-hydrogen) atoms. The summed E-state index contributed by atoms with van der Waals surface area (Å²) >= 11 is 0. The molecule has 0 spiro atoms. The van der Waals surface area contributed by atoms with Crippen LogP contribution in [0.25, 0.3) is 0 Å². The smallest absolute Gasteiger partial charge is 0.308 e. The second-order valence-electron chi connectivity index (χ2n) is 8.63. The minimum Gasteiger partial charge on any atom is -0.507 e. The van der Waals surface area contributed by atoms with Crippen molar-refractivity contribution in [3.05, 3.63) is 58.7 Å². The van der Waals surface area contributed by atoms with Crippen molar-refractivity contribution < 1.29 is 33.7 Å². The molecule has 3 rings (SSSR count). The second kappa shape index (κ2) is 11.7. The maximum Gasteiger partial charge on any atom is 0.308 e. The van der Waals surface area contributed by atoms with E-state index in [0.717, 1.165) is 25.7 Å². The van der Waals surface area contributed by atoms with Crippen LogP contribution in [0.5, 0.6) is 23.0 Å². The lowest BCUT2D eigenvalue weighted by Crippen LogP contribution is -2.21. The molecule has 0 fully saturated rings. The van der Waals surface area contributed by atoms with E-state index in [9.17, 15) is 19.5 Å². The Hall–Kier alpha value is -3.61. The zero-order valence-corrected chi connectivity index (χ0v) is 20.7. The Balaban J connectivity index is 1.96. The van der Waals surface area contributed by atoms with Gasteiger partial charge < -0.3 is 19.3 Å². The lowest BCUT2D eigenvalue weighted by Gasteiger charge is -2.27. The molecule has 2 aromatic carbocycles. The topological polar surface area (TPSA) is 99.1 Å². The monoisotopic (exact) mass is 480 g/mol. The van der Waals surface area contributed by atoms with Crippen molar-refractivity contribution in [2.75, 3.05) is 0 Å². The van der Waals surface area contributed by atoms with Crippen LogP contribution >= 0.6 is 0 Å². The third kappa shape index (κ3) is 6.50. The Morgan fingerprint density at radius 3 is 2.26 bits per heavy atom. The molecule has 0 amide bonds. The van der Waals surface area contributed by atoms with Gasteiger partial charge in [0.1, 0.15) is 34.7 Å². The Morgan fingerprint density at radius 1 is 1.06 bits per heavy atom. The van der Waals surface area contributed by atoms with Crippen LogP contribution < -0.4 is 14.2 Å². The minimum atomic E-state index is -0.600.